The molecule has 0 saturated heterocycles. The molecule has 0 radical (unpaired) electrons. The molecule has 0 spiro atoms. The summed E-state index contributed by atoms with van der Waals surface area (Å²) in [6.07, 6.45) is 0.977. The summed E-state index contributed by atoms with van der Waals surface area (Å²) >= 11 is 0. The SMILES string of the molecule is CC(C)CC(O)CNC(=O)NCC1Cc2ccccc2O1. The summed E-state index contributed by atoms with van der Waals surface area (Å²) in [5, 5.41) is 15.2. The van der Waals surface area contributed by atoms with E-state index in [0.29, 0.717) is 18.9 Å². The Morgan fingerprint density at radius 3 is 2.86 bits per heavy atom. The highest BCUT2D eigenvalue weighted by Gasteiger charge is 2.22. The lowest BCUT2D eigenvalue weighted by atomic mass is 10.1. The maximum absolute atomic E-state index is 11.7. The van der Waals surface area contributed by atoms with E-state index in [-0.39, 0.29) is 18.7 Å². The number of benzene rings is 1. The van der Waals surface area contributed by atoms with Gasteiger partial charge in [0.25, 0.3) is 0 Å². The van der Waals surface area contributed by atoms with Gasteiger partial charge in [0, 0.05) is 13.0 Å². The number of carbonyl (C=O) groups is 1. The zero-order chi connectivity index (χ0) is 15.2. The molecule has 116 valence electrons. The lowest BCUT2D eigenvalue weighted by Crippen LogP contribution is -2.43. The number of urea groups is 1. The first-order chi connectivity index (χ1) is 10.0. The van der Waals surface area contributed by atoms with Crippen LogP contribution < -0.4 is 15.4 Å². The van der Waals surface area contributed by atoms with E-state index in [1.54, 1.807) is 0 Å². The van der Waals surface area contributed by atoms with E-state index in [9.17, 15) is 9.90 Å². The minimum Gasteiger partial charge on any atom is -0.488 e. The number of amides is 2. The first kappa shape index (κ1) is 15.6. The van der Waals surface area contributed by atoms with Gasteiger partial charge < -0.3 is 20.5 Å². The lowest BCUT2D eigenvalue weighted by Gasteiger charge is -2.15. The summed E-state index contributed by atoms with van der Waals surface area (Å²) in [5.41, 5.74) is 1.18. The molecule has 1 aromatic rings. The number of nitrogens with one attached hydrogen (secondary N) is 2. The van der Waals surface area contributed by atoms with E-state index in [2.05, 4.69) is 10.6 Å². The number of hydrogen-bond acceptors (Lipinski definition) is 3. The molecule has 5 heteroatoms. The first-order valence-corrected chi connectivity index (χ1v) is 7.49. The molecule has 2 rings (SSSR count). The highest BCUT2D eigenvalue weighted by molar-refractivity contribution is 5.73. The third-order valence-electron chi connectivity index (χ3n) is 3.45. The zero-order valence-corrected chi connectivity index (χ0v) is 12.6. The largest absolute Gasteiger partial charge is 0.488 e. The van der Waals surface area contributed by atoms with Crippen molar-refractivity contribution in [2.24, 2.45) is 5.92 Å². The highest BCUT2D eigenvalue weighted by atomic mass is 16.5. The van der Waals surface area contributed by atoms with Crippen LogP contribution in [0.2, 0.25) is 0 Å². The number of rotatable bonds is 6. The lowest BCUT2D eigenvalue weighted by molar-refractivity contribution is 0.146. The van der Waals surface area contributed by atoms with Crippen molar-refractivity contribution in [3.8, 4) is 5.75 Å². The van der Waals surface area contributed by atoms with Gasteiger partial charge in [-0.25, -0.2) is 4.79 Å². The molecule has 0 aliphatic carbocycles. The van der Waals surface area contributed by atoms with Crippen molar-refractivity contribution in [1.29, 1.82) is 0 Å². The number of para-hydroxylation sites is 1. The Morgan fingerprint density at radius 1 is 1.38 bits per heavy atom. The molecule has 0 bridgehead atoms. The Balaban J connectivity index is 1.64. The van der Waals surface area contributed by atoms with Crippen LogP contribution in [0.5, 0.6) is 5.75 Å². The normalized spacial score (nSPS) is 18.0. The van der Waals surface area contributed by atoms with Crippen LogP contribution in [0.15, 0.2) is 24.3 Å². The van der Waals surface area contributed by atoms with Crippen LogP contribution in [0.4, 0.5) is 4.79 Å². The summed E-state index contributed by atoms with van der Waals surface area (Å²) in [6.45, 7) is 4.81. The molecule has 0 aromatic heterocycles. The van der Waals surface area contributed by atoms with Gasteiger partial charge in [0.1, 0.15) is 11.9 Å². The van der Waals surface area contributed by atoms with Gasteiger partial charge in [-0.2, -0.15) is 0 Å². The monoisotopic (exact) mass is 292 g/mol. The Hall–Kier alpha value is -1.75. The van der Waals surface area contributed by atoms with E-state index < -0.39 is 6.10 Å². The molecular weight excluding hydrogens is 268 g/mol. The molecule has 2 unspecified atom stereocenters. The van der Waals surface area contributed by atoms with Crippen molar-refractivity contribution in [1.82, 2.24) is 10.6 Å². The molecule has 3 N–H and O–H groups in total. The van der Waals surface area contributed by atoms with E-state index >= 15 is 0 Å². The Kier molecular flexibility index (Phi) is 5.44. The van der Waals surface area contributed by atoms with E-state index in [1.807, 2.05) is 38.1 Å². The van der Waals surface area contributed by atoms with Crippen molar-refractivity contribution >= 4 is 6.03 Å². The minimum absolute atomic E-state index is 0.0197. The van der Waals surface area contributed by atoms with Crippen molar-refractivity contribution < 1.29 is 14.6 Å². The molecule has 0 fully saturated rings. The number of ether oxygens (including phenoxy) is 1. The second-order valence-electron chi connectivity index (χ2n) is 5.93. The molecule has 2 amide bonds. The average Bonchev–Trinajstić information content (AvgIpc) is 2.85. The minimum atomic E-state index is -0.497. The molecule has 1 heterocycles. The van der Waals surface area contributed by atoms with Crippen LogP contribution in [0.3, 0.4) is 0 Å². The Labute approximate surface area is 125 Å². The highest BCUT2D eigenvalue weighted by Crippen LogP contribution is 2.27. The molecule has 21 heavy (non-hydrogen) atoms. The van der Waals surface area contributed by atoms with Gasteiger partial charge in [0.05, 0.1) is 12.6 Å². The predicted octanol–water partition coefficient (Wildman–Crippen LogP) is 1.70. The fraction of sp³-hybridized carbons (Fsp3) is 0.562. The quantitative estimate of drug-likeness (QED) is 0.747. The fourth-order valence-electron chi connectivity index (χ4n) is 2.47. The van der Waals surface area contributed by atoms with Crippen LogP contribution in [0.25, 0.3) is 0 Å². The Morgan fingerprint density at radius 2 is 2.14 bits per heavy atom. The second-order valence-corrected chi connectivity index (χ2v) is 5.93. The molecule has 2 atom stereocenters. The number of carbonyl (C=O) groups excluding carboxylic acids is 1. The van der Waals surface area contributed by atoms with Crippen LogP contribution in [0, 0.1) is 5.92 Å². The summed E-state index contributed by atoms with van der Waals surface area (Å²) in [6, 6.07) is 7.64. The first-order valence-electron chi connectivity index (χ1n) is 7.49. The topological polar surface area (TPSA) is 70.6 Å². The van der Waals surface area contributed by atoms with E-state index in [1.165, 1.54) is 5.56 Å². The predicted molar refractivity (Wildman–Crippen MR) is 81.4 cm³/mol. The van der Waals surface area contributed by atoms with Crippen LogP contribution in [0.1, 0.15) is 25.8 Å². The van der Waals surface area contributed by atoms with Gasteiger partial charge in [-0.3, -0.25) is 0 Å². The molecule has 1 aromatic carbocycles. The van der Waals surface area contributed by atoms with E-state index in [0.717, 1.165) is 12.2 Å². The third-order valence-corrected chi connectivity index (χ3v) is 3.45. The van der Waals surface area contributed by atoms with Crippen LogP contribution in [-0.2, 0) is 6.42 Å². The third kappa shape index (κ3) is 4.93. The van der Waals surface area contributed by atoms with Gasteiger partial charge >= 0.3 is 6.03 Å². The summed E-state index contributed by atoms with van der Waals surface area (Å²) in [5.74, 6) is 1.31. The van der Waals surface area contributed by atoms with Crippen LogP contribution in [-0.4, -0.2) is 36.4 Å². The zero-order valence-electron chi connectivity index (χ0n) is 12.6. The second kappa shape index (κ2) is 7.31. The smallest absolute Gasteiger partial charge is 0.315 e. The number of aliphatic hydroxyl groups excluding tert-OH is 1. The molecule has 1 aliphatic rings. The number of aliphatic hydroxyl groups is 1. The average molecular weight is 292 g/mol. The van der Waals surface area contributed by atoms with Crippen molar-refractivity contribution in [2.45, 2.75) is 38.9 Å². The Bertz CT molecular complexity index is 451. The van der Waals surface area contributed by atoms with Gasteiger partial charge in [-0.15, -0.1) is 0 Å². The van der Waals surface area contributed by atoms with Gasteiger partial charge in [-0.1, -0.05) is 32.0 Å². The summed E-state index contributed by atoms with van der Waals surface area (Å²) < 4.78 is 5.74. The summed E-state index contributed by atoms with van der Waals surface area (Å²) in [7, 11) is 0. The number of fused-ring (bicyclic) bond motifs is 1. The van der Waals surface area contributed by atoms with Gasteiger partial charge in [-0.05, 0) is 24.0 Å². The van der Waals surface area contributed by atoms with E-state index in [4.69, 9.17) is 4.74 Å². The van der Waals surface area contributed by atoms with Gasteiger partial charge in [0.15, 0.2) is 0 Å². The molecule has 5 nitrogen and oxygen atoms in total. The van der Waals surface area contributed by atoms with Crippen molar-refractivity contribution in [3.05, 3.63) is 29.8 Å². The fourth-order valence-corrected chi connectivity index (χ4v) is 2.47. The standard InChI is InChI=1S/C16H24N2O3/c1-11(2)7-13(19)9-17-16(20)18-10-14-8-12-5-3-4-6-15(12)21-14/h3-6,11,13-14,19H,7-10H2,1-2H3,(H2,17,18,20). The molecular formula is C16H24N2O3. The summed E-state index contributed by atoms with van der Waals surface area (Å²) in [4.78, 5) is 11.7. The molecule has 1 aliphatic heterocycles. The van der Waals surface area contributed by atoms with Crippen molar-refractivity contribution in [2.75, 3.05) is 13.1 Å². The molecule has 0 saturated carbocycles. The maximum Gasteiger partial charge on any atom is 0.315 e. The van der Waals surface area contributed by atoms with Crippen molar-refractivity contribution in [3.63, 3.8) is 0 Å². The number of hydrogen-bond donors (Lipinski definition) is 3. The van der Waals surface area contributed by atoms with Crippen LogP contribution >= 0.6 is 0 Å². The van der Waals surface area contributed by atoms with Gasteiger partial charge in [0.2, 0.25) is 0 Å². The maximum atomic E-state index is 11.7.